The summed E-state index contributed by atoms with van der Waals surface area (Å²) < 4.78 is 0. The number of amides is 1. The summed E-state index contributed by atoms with van der Waals surface area (Å²) in [7, 11) is 0. The number of nitro groups is 1. The van der Waals surface area contributed by atoms with Crippen molar-refractivity contribution in [3.05, 3.63) is 74.1 Å². The Morgan fingerprint density at radius 1 is 1.12 bits per heavy atom. The molecule has 0 saturated carbocycles. The standard InChI is InChI=1S/C16H10ClN3O3S/c17-11-3-5-12(6-4-11)18-16-19-15(21)14(24-16)9-10-1-7-13(8-2-10)20(22)23/h1-9H,(H,18,19,21). The van der Waals surface area contributed by atoms with Crippen LogP contribution in [0, 0.1) is 10.1 Å². The van der Waals surface area contributed by atoms with E-state index in [1.165, 1.54) is 23.9 Å². The zero-order valence-electron chi connectivity index (χ0n) is 12.1. The Labute approximate surface area is 146 Å². The number of benzene rings is 2. The highest BCUT2D eigenvalue weighted by Crippen LogP contribution is 2.28. The fourth-order valence-corrected chi connectivity index (χ4v) is 2.92. The van der Waals surface area contributed by atoms with Gasteiger partial charge in [0, 0.05) is 17.2 Å². The van der Waals surface area contributed by atoms with Gasteiger partial charge in [0.15, 0.2) is 5.17 Å². The molecule has 0 aliphatic carbocycles. The van der Waals surface area contributed by atoms with Gasteiger partial charge < -0.3 is 5.32 Å². The molecule has 24 heavy (non-hydrogen) atoms. The third kappa shape index (κ3) is 3.81. The van der Waals surface area contributed by atoms with Crippen molar-refractivity contribution in [3.8, 4) is 0 Å². The predicted molar refractivity (Wildman–Crippen MR) is 95.4 cm³/mol. The Kier molecular flexibility index (Phi) is 4.64. The zero-order chi connectivity index (χ0) is 17.1. The largest absolute Gasteiger partial charge is 0.300 e. The number of hydrogen-bond donors (Lipinski definition) is 1. The smallest absolute Gasteiger partial charge is 0.269 e. The molecule has 0 spiro atoms. The maximum absolute atomic E-state index is 12.0. The maximum atomic E-state index is 12.0. The van der Waals surface area contributed by atoms with Gasteiger partial charge in [-0.05, 0) is 59.8 Å². The molecule has 1 heterocycles. The van der Waals surface area contributed by atoms with E-state index in [1.54, 1.807) is 42.5 Å². The van der Waals surface area contributed by atoms with Gasteiger partial charge >= 0.3 is 0 Å². The van der Waals surface area contributed by atoms with E-state index in [1.807, 2.05) is 0 Å². The number of aliphatic imine (C=N–C) groups is 1. The molecule has 8 heteroatoms. The van der Waals surface area contributed by atoms with Crippen molar-refractivity contribution in [2.75, 3.05) is 0 Å². The number of nitrogens with zero attached hydrogens (tertiary/aromatic N) is 2. The van der Waals surface area contributed by atoms with E-state index >= 15 is 0 Å². The summed E-state index contributed by atoms with van der Waals surface area (Å²) in [5.41, 5.74) is 1.38. The van der Waals surface area contributed by atoms with Gasteiger partial charge in [0.2, 0.25) is 0 Å². The van der Waals surface area contributed by atoms with E-state index < -0.39 is 4.92 Å². The maximum Gasteiger partial charge on any atom is 0.269 e. The average Bonchev–Trinajstić information content (AvgIpc) is 2.89. The Morgan fingerprint density at radius 3 is 2.42 bits per heavy atom. The molecule has 0 atom stereocenters. The molecule has 3 rings (SSSR count). The summed E-state index contributed by atoms with van der Waals surface area (Å²) in [6.45, 7) is 0. The van der Waals surface area contributed by atoms with Crippen LogP contribution >= 0.6 is 23.4 Å². The van der Waals surface area contributed by atoms with Crippen LogP contribution in [-0.2, 0) is 4.79 Å². The summed E-state index contributed by atoms with van der Waals surface area (Å²) >= 11 is 7.03. The fraction of sp³-hybridized carbons (Fsp3) is 0. The molecule has 1 fully saturated rings. The Hall–Kier alpha value is -2.64. The third-order valence-corrected chi connectivity index (χ3v) is 4.27. The molecule has 2 aromatic rings. The first-order valence-electron chi connectivity index (χ1n) is 6.81. The van der Waals surface area contributed by atoms with Gasteiger partial charge in [-0.3, -0.25) is 14.9 Å². The average molecular weight is 360 g/mol. The highest BCUT2D eigenvalue weighted by Gasteiger charge is 2.23. The Balaban J connectivity index is 1.79. The highest BCUT2D eigenvalue weighted by atomic mass is 35.5. The minimum absolute atomic E-state index is 0.00525. The van der Waals surface area contributed by atoms with Gasteiger partial charge in [0.05, 0.1) is 15.5 Å². The predicted octanol–water partition coefficient (Wildman–Crippen LogP) is 4.14. The van der Waals surface area contributed by atoms with Crippen LogP contribution in [0.15, 0.2) is 58.4 Å². The Morgan fingerprint density at radius 2 is 1.79 bits per heavy atom. The Bertz CT molecular complexity index is 861. The van der Waals surface area contributed by atoms with Crippen LogP contribution < -0.4 is 5.32 Å². The van der Waals surface area contributed by atoms with Crippen molar-refractivity contribution in [2.24, 2.45) is 4.99 Å². The van der Waals surface area contributed by atoms with Crippen LogP contribution in [0.4, 0.5) is 11.4 Å². The molecule has 0 aromatic heterocycles. The number of nitro benzene ring substituents is 1. The molecule has 1 saturated heterocycles. The summed E-state index contributed by atoms with van der Waals surface area (Å²) in [4.78, 5) is 27.0. The van der Waals surface area contributed by atoms with Crippen molar-refractivity contribution in [3.63, 3.8) is 0 Å². The molecular formula is C16H10ClN3O3S. The third-order valence-electron chi connectivity index (χ3n) is 3.11. The number of carbonyl (C=O) groups is 1. The van der Waals surface area contributed by atoms with Crippen LogP contribution in [0.1, 0.15) is 5.56 Å². The molecule has 0 bridgehead atoms. The number of amidine groups is 1. The number of halogens is 1. The van der Waals surface area contributed by atoms with Crippen LogP contribution in [-0.4, -0.2) is 16.0 Å². The number of non-ortho nitro benzene ring substituents is 1. The lowest BCUT2D eigenvalue weighted by Crippen LogP contribution is -2.19. The minimum atomic E-state index is -0.467. The van der Waals surface area contributed by atoms with E-state index in [-0.39, 0.29) is 11.6 Å². The van der Waals surface area contributed by atoms with Gasteiger partial charge in [-0.2, -0.15) is 0 Å². The number of carbonyl (C=O) groups excluding carboxylic acids is 1. The quantitative estimate of drug-likeness (QED) is 0.507. The number of nitrogens with one attached hydrogen (secondary N) is 1. The van der Waals surface area contributed by atoms with Gasteiger partial charge in [-0.1, -0.05) is 11.6 Å². The topological polar surface area (TPSA) is 84.6 Å². The molecule has 0 unspecified atom stereocenters. The molecule has 1 N–H and O–H groups in total. The van der Waals surface area contributed by atoms with Crippen molar-refractivity contribution in [1.29, 1.82) is 0 Å². The summed E-state index contributed by atoms with van der Waals surface area (Å²) in [5.74, 6) is -0.258. The molecule has 0 radical (unpaired) electrons. The van der Waals surface area contributed by atoms with E-state index in [9.17, 15) is 14.9 Å². The van der Waals surface area contributed by atoms with E-state index in [0.717, 1.165) is 0 Å². The number of rotatable bonds is 3. The van der Waals surface area contributed by atoms with Crippen molar-refractivity contribution < 1.29 is 9.72 Å². The molecule has 1 aliphatic heterocycles. The summed E-state index contributed by atoms with van der Waals surface area (Å²) in [5, 5.41) is 14.4. The SMILES string of the molecule is O=C1NC(=Nc2ccc(Cl)cc2)SC1=Cc1ccc([N+](=O)[O-])cc1. The lowest BCUT2D eigenvalue weighted by Gasteiger charge is -1.96. The van der Waals surface area contributed by atoms with Crippen LogP contribution in [0.2, 0.25) is 5.02 Å². The molecule has 120 valence electrons. The molecule has 6 nitrogen and oxygen atoms in total. The molecular weight excluding hydrogens is 350 g/mol. The van der Waals surface area contributed by atoms with E-state index in [2.05, 4.69) is 10.3 Å². The fourth-order valence-electron chi connectivity index (χ4n) is 1.96. The van der Waals surface area contributed by atoms with Crippen molar-refractivity contribution >= 4 is 51.9 Å². The second kappa shape index (κ2) is 6.86. The molecule has 2 aromatic carbocycles. The first-order valence-corrected chi connectivity index (χ1v) is 8.00. The van der Waals surface area contributed by atoms with Crippen LogP contribution in [0.25, 0.3) is 6.08 Å². The zero-order valence-corrected chi connectivity index (χ0v) is 13.7. The lowest BCUT2D eigenvalue weighted by atomic mass is 10.2. The normalized spacial score (nSPS) is 17.3. The monoisotopic (exact) mass is 359 g/mol. The lowest BCUT2D eigenvalue weighted by molar-refractivity contribution is -0.384. The minimum Gasteiger partial charge on any atom is -0.300 e. The second-order valence-corrected chi connectivity index (χ2v) is 6.27. The summed E-state index contributed by atoms with van der Waals surface area (Å²) in [6.07, 6.45) is 1.66. The second-order valence-electron chi connectivity index (χ2n) is 4.81. The number of hydrogen-bond acceptors (Lipinski definition) is 5. The molecule has 1 amide bonds. The highest BCUT2D eigenvalue weighted by molar-refractivity contribution is 8.18. The van der Waals surface area contributed by atoms with Gasteiger partial charge in [-0.25, -0.2) is 4.99 Å². The first kappa shape index (κ1) is 16.2. The van der Waals surface area contributed by atoms with Crippen LogP contribution in [0.5, 0.6) is 0 Å². The van der Waals surface area contributed by atoms with Gasteiger partial charge in [0.25, 0.3) is 11.6 Å². The molecule has 1 aliphatic rings. The van der Waals surface area contributed by atoms with Gasteiger partial charge in [-0.15, -0.1) is 0 Å². The van der Waals surface area contributed by atoms with Crippen molar-refractivity contribution in [2.45, 2.75) is 0 Å². The first-order chi connectivity index (χ1) is 11.5. The van der Waals surface area contributed by atoms with Crippen molar-refractivity contribution in [1.82, 2.24) is 5.32 Å². The number of thioether (sulfide) groups is 1. The van der Waals surface area contributed by atoms with E-state index in [4.69, 9.17) is 11.6 Å². The van der Waals surface area contributed by atoms with Gasteiger partial charge in [0.1, 0.15) is 0 Å². The summed E-state index contributed by atoms with van der Waals surface area (Å²) in [6, 6.07) is 12.9. The van der Waals surface area contributed by atoms with Crippen LogP contribution in [0.3, 0.4) is 0 Å². The van der Waals surface area contributed by atoms with E-state index in [0.29, 0.717) is 26.3 Å².